The first-order valence-electron chi connectivity index (χ1n) is 5.93. The van der Waals surface area contributed by atoms with Crippen molar-refractivity contribution in [3.63, 3.8) is 0 Å². The SMILES string of the molecule is COC(=O)C1CCN(CC(=O)NC(C)(C)C)C1. The Hall–Kier alpha value is -1.10. The van der Waals surface area contributed by atoms with Crippen LogP contribution in [0.1, 0.15) is 27.2 Å². The Kier molecular flexibility index (Phi) is 4.51. The van der Waals surface area contributed by atoms with E-state index in [0.29, 0.717) is 13.1 Å². The second-order valence-electron chi connectivity index (χ2n) is 5.54. The van der Waals surface area contributed by atoms with Crippen LogP contribution >= 0.6 is 0 Å². The standard InChI is InChI=1S/C12H22N2O3/c1-12(2,3)13-10(15)8-14-6-5-9(7-14)11(16)17-4/h9H,5-8H2,1-4H3,(H,13,15). The zero-order valence-corrected chi connectivity index (χ0v) is 11.1. The summed E-state index contributed by atoms with van der Waals surface area (Å²) in [5.41, 5.74) is -0.210. The molecule has 0 bridgehead atoms. The smallest absolute Gasteiger partial charge is 0.310 e. The maximum Gasteiger partial charge on any atom is 0.310 e. The van der Waals surface area contributed by atoms with Crippen LogP contribution in [-0.2, 0) is 14.3 Å². The molecular weight excluding hydrogens is 220 g/mol. The number of likely N-dealkylation sites (tertiary alicyclic amines) is 1. The topological polar surface area (TPSA) is 58.6 Å². The summed E-state index contributed by atoms with van der Waals surface area (Å²) in [4.78, 5) is 25.0. The summed E-state index contributed by atoms with van der Waals surface area (Å²) in [6, 6.07) is 0. The summed E-state index contributed by atoms with van der Waals surface area (Å²) in [5.74, 6) is -0.255. The fraction of sp³-hybridized carbons (Fsp3) is 0.833. The molecule has 1 fully saturated rings. The predicted octanol–water partition coefficient (Wildman–Crippen LogP) is 0.396. The summed E-state index contributed by atoms with van der Waals surface area (Å²) in [6.07, 6.45) is 0.773. The molecule has 1 rings (SSSR count). The number of ether oxygens (including phenoxy) is 1. The van der Waals surface area contributed by atoms with E-state index in [2.05, 4.69) is 5.32 Å². The molecule has 5 heteroatoms. The Labute approximate surface area is 102 Å². The van der Waals surface area contributed by atoms with E-state index in [-0.39, 0.29) is 23.3 Å². The van der Waals surface area contributed by atoms with E-state index in [0.717, 1.165) is 13.0 Å². The van der Waals surface area contributed by atoms with Gasteiger partial charge in [-0.05, 0) is 33.7 Å². The normalized spacial score (nSPS) is 21.3. The fourth-order valence-electron chi connectivity index (χ4n) is 2.00. The summed E-state index contributed by atoms with van der Waals surface area (Å²) in [5, 5.41) is 2.91. The Balaban J connectivity index is 2.35. The molecule has 1 heterocycles. The van der Waals surface area contributed by atoms with Gasteiger partial charge in [0.25, 0.3) is 0 Å². The number of carbonyl (C=O) groups excluding carboxylic acids is 2. The highest BCUT2D eigenvalue weighted by atomic mass is 16.5. The third-order valence-corrected chi connectivity index (χ3v) is 2.69. The van der Waals surface area contributed by atoms with E-state index in [1.807, 2.05) is 25.7 Å². The van der Waals surface area contributed by atoms with Gasteiger partial charge in [0, 0.05) is 12.1 Å². The number of nitrogens with one attached hydrogen (secondary N) is 1. The van der Waals surface area contributed by atoms with Crippen molar-refractivity contribution in [2.45, 2.75) is 32.7 Å². The van der Waals surface area contributed by atoms with Gasteiger partial charge in [0.1, 0.15) is 0 Å². The van der Waals surface area contributed by atoms with Crippen molar-refractivity contribution in [2.75, 3.05) is 26.7 Å². The van der Waals surface area contributed by atoms with Gasteiger partial charge in [0.2, 0.25) is 5.91 Å². The molecule has 5 nitrogen and oxygen atoms in total. The van der Waals surface area contributed by atoms with E-state index in [1.54, 1.807) is 0 Å². The highest BCUT2D eigenvalue weighted by Gasteiger charge is 2.30. The molecule has 1 aliphatic rings. The molecule has 0 aromatic rings. The van der Waals surface area contributed by atoms with Crippen molar-refractivity contribution in [1.29, 1.82) is 0 Å². The molecule has 98 valence electrons. The van der Waals surface area contributed by atoms with Gasteiger partial charge in [0.05, 0.1) is 19.6 Å². The van der Waals surface area contributed by atoms with Gasteiger partial charge in [-0.2, -0.15) is 0 Å². The Morgan fingerprint density at radius 2 is 2.06 bits per heavy atom. The molecule has 1 unspecified atom stereocenters. The van der Waals surface area contributed by atoms with E-state index in [9.17, 15) is 9.59 Å². The molecule has 1 aliphatic heterocycles. The summed E-state index contributed by atoms with van der Waals surface area (Å²) in [7, 11) is 1.40. The molecule has 0 aromatic heterocycles. The number of amides is 1. The van der Waals surface area contributed by atoms with E-state index in [4.69, 9.17) is 4.74 Å². The molecule has 1 saturated heterocycles. The Morgan fingerprint density at radius 1 is 1.41 bits per heavy atom. The molecule has 0 aromatic carbocycles. The Bertz CT molecular complexity index is 297. The van der Waals surface area contributed by atoms with Crippen LogP contribution in [0.5, 0.6) is 0 Å². The van der Waals surface area contributed by atoms with Gasteiger partial charge in [-0.15, -0.1) is 0 Å². The third-order valence-electron chi connectivity index (χ3n) is 2.69. The molecule has 0 aliphatic carbocycles. The number of rotatable bonds is 3. The fourth-order valence-corrected chi connectivity index (χ4v) is 2.00. The zero-order valence-electron chi connectivity index (χ0n) is 11.1. The number of hydrogen-bond acceptors (Lipinski definition) is 4. The van der Waals surface area contributed by atoms with Gasteiger partial charge < -0.3 is 10.1 Å². The lowest BCUT2D eigenvalue weighted by Gasteiger charge is -2.23. The second-order valence-corrected chi connectivity index (χ2v) is 5.54. The maximum absolute atomic E-state index is 11.7. The van der Waals surface area contributed by atoms with Crippen molar-refractivity contribution in [3.05, 3.63) is 0 Å². The van der Waals surface area contributed by atoms with Crippen LogP contribution in [-0.4, -0.2) is 49.1 Å². The first-order valence-corrected chi connectivity index (χ1v) is 5.93. The van der Waals surface area contributed by atoms with Crippen LogP contribution in [0, 0.1) is 5.92 Å². The average Bonchev–Trinajstić information content (AvgIpc) is 2.62. The number of nitrogens with zero attached hydrogens (tertiary/aromatic N) is 1. The molecular formula is C12H22N2O3. The van der Waals surface area contributed by atoms with Gasteiger partial charge in [0.15, 0.2) is 0 Å². The van der Waals surface area contributed by atoms with Crippen LogP contribution in [0.2, 0.25) is 0 Å². The molecule has 1 amide bonds. The zero-order chi connectivity index (χ0) is 13.1. The molecule has 0 radical (unpaired) electrons. The summed E-state index contributed by atoms with van der Waals surface area (Å²) >= 11 is 0. The minimum Gasteiger partial charge on any atom is -0.469 e. The lowest BCUT2D eigenvalue weighted by molar-refractivity contribution is -0.145. The quantitative estimate of drug-likeness (QED) is 0.728. The van der Waals surface area contributed by atoms with Crippen molar-refractivity contribution >= 4 is 11.9 Å². The first-order chi connectivity index (χ1) is 7.81. The molecule has 17 heavy (non-hydrogen) atoms. The first kappa shape index (κ1) is 14.0. The monoisotopic (exact) mass is 242 g/mol. The summed E-state index contributed by atoms with van der Waals surface area (Å²) < 4.78 is 4.70. The van der Waals surface area contributed by atoms with Crippen LogP contribution < -0.4 is 5.32 Å². The van der Waals surface area contributed by atoms with Gasteiger partial charge in [-0.1, -0.05) is 0 Å². The van der Waals surface area contributed by atoms with Crippen LogP contribution in [0.3, 0.4) is 0 Å². The Morgan fingerprint density at radius 3 is 2.59 bits per heavy atom. The van der Waals surface area contributed by atoms with Crippen molar-refractivity contribution in [1.82, 2.24) is 10.2 Å². The lowest BCUT2D eigenvalue weighted by Crippen LogP contribution is -2.45. The minimum absolute atomic E-state index is 0.00279. The molecule has 0 saturated carbocycles. The summed E-state index contributed by atoms with van der Waals surface area (Å²) in [6.45, 7) is 7.59. The highest BCUT2D eigenvalue weighted by molar-refractivity contribution is 5.79. The van der Waals surface area contributed by atoms with Crippen LogP contribution in [0.4, 0.5) is 0 Å². The number of esters is 1. The van der Waals surface area contributed by atoms with Crippen molar-refractivity contribution in [3.8, 4) is 0 Å². The van der Waals surface area contributed by atoms with Crippen molar-refractivity contribution in [2.24, 2.45) is 5.92 Å². The van der Waals surface area contributed by atoms with E-state index in [1.165, 1.54) is 7.11 Å². The largest absolute Gasteiger partial charge is 0.469 e. The molecule has 1 N–H and O–H groups in total. The maximum atomic E-state index is 11.7. The minimum atomic E-state index is -0.210. The predicted molar refractivity (Wildman–Crippen MR) is 64.5 cm³/mol. The highest BCUT2D eigenvalue weighted by Crippen LogP contribution is 2.16. The van der Waals surface area contributed by atoms with Gasteiger partial charge in [-0.25, -0.2) is 0 Å². The third kappa shape index (κ3) is 4.73. The van der Waals surface area contributed by atoms with E-state index >= 15 is 0 Å². The second kappa shape index (κ2) is 5.49. The van der Waals surface area contributed by atoms with Gasteiger partial charge in [-0.3, -0.25) is 14.5 Å². The number of methoxy groups -OCH3 is 1. The van der Waals surface area contributed by atoms with Crippen molar-refractivity contribution < 1.29 is 14.3 Å². The van der Waals surface area contributed by atoms with E-state index < -0.39 is 0 Å². The number of hydrogen-bond donors (Lipinski definition) is 1. The lowest BCUT2D eigenvalue weighted by atomic mass is 10.1. The molecule has 0 spiro atoms. The van der Waals surface area contributed by atoms with Crippen LogP contribution in [0.15, 0.2) is 0 Å². The van der Waals surface area contributed by atoms with Crippen LogP contribution in [0.25, 0.3) is 0 Å². The number of carbonyl (C=O) groups is 2. The van der Waals surface area contributed by atoms with Gasteiger partial charge >= 0.3 is 5.97 Å². The molecule has 1 atom stereocenters. The average molecular weight is 242 g/mol.